The Kier molecular flexibility index (Phi) is 2.44. The lowest BCUT2D eigenvalue weighted by Crippen LogP contribution is -2.62. The molecule has 0 aliphatic carbocycles. The van der Waals surface area contributed by atoms with Gasteiger partial charge in [-0.2, -0.15) is 0 Å². The van der Waals surface area contributed by atoms with E-state index in [4.69, 9.17) is 0 Å². The average molecular weight is 262 g/mol. The van der Waals surface area contributed by atoms with E-state index in [0.717, 1.165) is 23.9 Å². The zero-order valence-corrected chi connectivity index (χ0v) is 11.0. The fourth-order valence-corrected chi connectivity index (χ4v) is 2.72. The summed E-state index contributed by atoms with van der Waals surface area (Å²) >= 11 is 0. The number of hydrogen-bond donors (Lipinski definition) is 0. The molecule has 19 heavy (non-hydrogen) atoms. The molecule has 3 rings (SSSR count). The van der Waals surface area contributed by atoms with Crippen LogP contribution in [0.4, 0.5) is 4.79 Å². The number of urea groups is 1. The van der Waals surface area contributed by atoms with Crippen LogP contribution in [0.1, 0.15) is 0 Å². The van der Waals surface area contributed by atoms with Crippen molar-refractivity contribution in [3.8, 4) is 0 Å². The van der Waals surface area contributed by atoms with E-state index in [1.54, 1.807) is 7.05 Å². The molecule has 3 heterocycles. The van der Waals surface area contributed by atoms with E-state index >= 15 is 0 Å². The smallest absolute Gasteiger partial charge is 0.270 e. The third-order valence-electron chi connectivity index (χ3n) is 3.75. The van der Waals surface area contributed by atoms with Gasteiger partial charge in [-0.05, 0) is 0 Å². The fourth-order valence-electron chi connectivity index (χ4n) is 2.72. The first-order valence-electron chi connectivity index (χ1n) is 6.19. The quantitative estimate of drug-likeness (QED) is 0.481. The van der Waals surface area contributed by atoms with E-state index in [1.807, 2.05) is 11.0 Å². The van der Waals surface area contributed by atoms with E-state index in [1.165, 1.54) is 11.9 Å². The summed E-state index contributed by atoms with van der Waals surface area (Å²) in [5.74, 6) is 1.08. The highest BCUT2D eigenvalue weighted by Crippen LogP contribution is 2.24. The Morgan fingerprint density at radius 2 is 2.16 bits per heavy atom. The molecule has 0 aromatic carbocycles. The number of rotatable bonds is 2. The van der Waals surface area contributed by atoms with Gasteiger partial charge in [0.2, 0.25) is 11.9 Å². The van der Waals surface area contributed by atoms with Crippen molar-refractivity contribution >= 4 is 23.7 Å². The van der Waals surface area contributed by atoms with Gasteiger partial charge in [-0.1, -0.05) is 17.6 Å². The third kappa shape index (κ3) is 1.44. The molecular formula is C12H16N5O2+. The molecule has 0 spiro atoms. The zero-order valence-electron chi connectivity index (χ0n) is 11.0. The summed E-state index contributed by atoms with van der Waals surface area (Å²) < 4.78 is 2.06. The van der Waals surface area contributed by atoms with Crippen molar-refractivity contribution in [1.82, 2.24) is 14.7 Å². The number of carbonyl (C=O) groups excluding carboxylic acids is 2. The van der Waals surface area contributed by atoms with Crippen LogP contribution in [-0.4, -0.2) is 82.8 Å². The van der Waals surface area contributed by atoms with Crippen LogP contribution >= 0.6 is 0 Å². The van der Waals surface area contributed by atoms with Crippen LogP contribution in [0, 0.1) is 0 Å². The largest absolute Gasteiger partial charge is 0.392 e. The first-order chi connectivity index (χ1) is 9.06. The van der Waals surface area contributed by atoms with Gasteiger partial charge in [-0.15, -0.1) is 0 Å². The predicted molar refractivity (Wildman–Crippen MR) is 69.1 cm³/mol. The molecule has 1 unspecified atom stereocenters. The second kappa shape index (κ2) is 3.91. The Morgan fingerprint density at radius 1 is 1.42 bits per heavy atom. The second-order valence-corrected chi connectivity index (χ2v) is 4.84. The van der Waals surface area contributed by atoms with Gasteiger partial charge in [0.1, 0.15) is 0 Å². The minimum atomic E-state index is -0.461. The Bertz CT molecular complexity index is 550. The van der Waals surface area contributed by atoms with Crippen LogP contribution in [0.15, 0.2) is 17.6 Å². The normalized spacial score (nSPS) is 25.9. The molecule has 7 heteroatoms. The van der Waals surface area contributed by atoms with E-state index in [-0.39, 0.29) is 11.9 Å². The number of hydrogen-bond acceptors (Lipinski definition) is 4. The summed E-state index contributed by atoms with van der Waals surface area (Å²) in [6.07, 6.45) is 1.81. The lowest BCUT2D eigenvalue weighted by atomic mass is 10.1. The highest BCUT2D eigenvalue weighted by atomic mass is 16.2. The van der Waals surface area contributed by atoms with Gasteiger partial charge in [0.05, 0.1) is 19.6 Å². The van der Waals surface area contributed by atoms with Crippen molar-refractivity contribution in [1.29, 1.82) is 0 Å². The number of imide groups is 1. The Morgan fingerprint density at radius 3 is 2.84 bits per heavy atom. The number of guanidine groups is 1. The molecule has 1 fully saturated rings. The molecule has 0 bridgehead atoms. The predicted octanol–water partition coefficient (Wildman–Crippen LogP) is -0.839. The molecule has 0 aromatic rings. The molecule has 3 amide bonds. The molecular weight excluding hydrogens is 246 g/mol. The summed E-state index contributed by atoms with van der Waals surface area (Å²) in [6.45, 7) is 5.97. The lowest BCUT2D eigenvalue weighted by molar-refractivity contribution is -0.508. The van der Waals surface area contributed by atoms with Gasteiger partial charge in [-0.3, -0.25) is 19.2 Å². The van der Waals surface area contributed by atoms with Gasteiger partial charge in [0, 0.05) is 14.1 Å². The molecule has 1 saturated heterocycles. The molecule has 0 saturated carbocycles. The summed E-state index contributed by atoms with van der Waals surface area (Å²) in [5.41, 5.74) is 0. The van der Waals surface area contributed by atoms with Gasteiger partial charge >= 0.3 is 12.0 Å². The molecule has 3 aliphatic heterocycles. The standard InChI is InChI=1S/C12H16N5O2/c1-4-5-16-6-7-17-8-9(13-11(16)17)14(2)12(19)15(3)10(8)18/h4,8H,1,5-7H2,2-3H3/q+1. The SMILES string of the molecule is C=CC[N+]1=C2N=C3C(C(=O)N(C)C(=O)N3C)N2CC1. The van der Waals surface area contributed by atoms with Gasteiger partial charge in [-0.25, -0.2) is 9.69 Å². The first-order valence-corrected chi connectivity index (χ1v) is 6.19. The molecule has 0 aromatic heterocycles. The highest BCUT2D eigenvalue weighted by molar-refractivity contribution is 6.25. The van der Waals surface area contributed by atoms with E-state index < -0.39 is 6.04 Å². The van der Waals surface area contributed by atoms with Crippen LogP contribution in [0.5, 0.6) is 0 Å². The number of fused-ring (bicyclic) bond motifs is 3. The number of likely N-dealkylation sites (N-methyl/N-ethyl adjacent to an activating group) is 2. The summed E-state index contributed by atoms with van der Waals surface area (Å²) in [6, 6.07) is -0.797. The molecule has 3 aliphatic rings. The molecule has 1 atom stereocenters. The maximum absolute atomic E-state index is 12.3. The van der Waals surface area contributed by atoms with Crippen molar-refractivity contribution in [2.24, 2.45) is 4.99 Å². The summed E-state index contributed by atoms with van der Waals surface area (Å²) in [5, 5.41) is 0. The maximum atomic E-state index is 12.3. The summed E-state index contributed by atoms with van der Waals surface area (Å²) in [4.78, 5) is 33.2. The molecule has 0 radical (unpaired) electrons. The van der Waals surface area contributed by atoms with Crippen molar-refractivity contribution < 1.29 is 14.2 Å². The Balaban J connectivity index is 2.05. The van der Waals surface area contributed by atoms with Gasteiger partial charge < -0.3 is 0 Å². The molecule has 0 N–H and O–H groups in total. The van der Waals surface area contributed by atoms with Crippen LogP contribution in [0.2, 0.25) is 0 Å². The van der Waals surface area contributed by atoms with Crippen LogP contribution < -0.4 is 0 Å². The number of amides is 3. The van der Waals surface area contributed by atoms with Crippen molar-refractivity contribution in [3.63, 3.8) is 0 Å². The van der Waals surface area contributed by atoms with Crippen LogP contribution in [0.3, 0.4) is 0 Å². The summed E-state index contributed by atoms with van der Waals surface area (Å²) in [7, 11) is 3.16. The number of carbonyl (C=O) groups is 2. The highest BCUT2D eigenvalue weighted by Gasteiger charge is 2.56. The number of nitrogens with zero attached hydrogens (tertiary/aromatic N) is 5. The number of amidine groups is 1. The van der Waals surface area contributed by atoms with Crippen molar-refractivity contribution in [2.75, 3.05) is 33.7 Å². The average Bonchev–Trinajstić information content (AvgIpc) is 2.94. The van der Waals surface area contributed by atoms with Crippen LogP contribution in [0.25, 0.3) is 0 Å². The maximum Gasteiger partial charge on any atom is 0.392 e. The number of aliphatic imine (C=N–C) groups is 1. The van der Waals surface area contributed by atoms with Gasteiger partial charge in [0.25, 0.3) is 5.91 Å². The Labute approximate surface area is 111 Å². The minimum absolute atomic E-state index is 0.211. The van der Waals surface area contributed by atoms with E-state index in [9.17, 15) is 9.59 Å². The molecule has 7 nitrogen and oxygen atoms in total. The van der Waals surface area contributed by atoms with E-state index in [2.05, 4.69) is 16.1 Å². The second-order valence-electron chi connectivity index (χ2n) is 4.84. The van der Waals surface area contributed by atoms with Crippen molar-refractivity contribution in [3.05, 3.63) is 12.7 Å². The third-order valence-corrected chi connectivity index (χ3v) is 3.75. The monoisotopic (exact) mass is 262 g/mol. The fraction of sp³-hybridized carbons (Fsp3) is 0.500. The zero-order chi connectivity index (χ0) is 13.7. The topological polar surface area (TPSA) is 59.2 Å². The minimum Gasteiger partial charge on any atom is -0.270 e. The molecule has 100 valence electrons. The lowest BCUT2D eigenvalue weighted by Gasteiger charge is -2.32. The first kappa shape index (κ1) is 11.9. The van der Waals surface area contributed by atoms with Crippen molar-refractivity contribution in [2.45, 2.75) is 6.04 Å². The van der Waals surface area contributed by atoms with Crippen LogP contribution in [-0.2, 0) is 4.79 Å². The Hall–Kier alpha value is -2.18. The van der Waals surface area contributed by atoms with E-state index in [0.29, 0.717) is 12.4 Å². The van der Waals surface area contributed by atoms with Gasteiger partial charge in [0.15, 0.2) is 0 Å².